The molecule has 0 unspecified atom stereocenters. The Morgan fingerprint density at radius 1 is 1.08 bits per heavy atom. The first-order chi connectivity index (χ1) is 11.7. The molecule has 2 aliphatic rings. The zero-order valence-corrected chi connectivity index (χ0v) is 13.2. The molecule has 1 aliphatic carbocycles. The summed E-state index contributed by atoms with van der Waals surface area (Å²) in [5.41, 5.74) is 1.63. The summed E-state index contributed by atoms with van der Waals surface area (Å²) < 4.78 is 26.7. The summed E-state index contributed by atoms with van der Waals surface area (Å²) >= 11 is 0. The second-order valence-corrected chi connectivity index (χ2v) is 6.16. The summed E-state index contributed by atoms with van der Waals surface area (Å²) in [6.45, 7) is 1.83. The third kappa shape index (κ3) is 4.30. The summed E-state index contributed by atoms with van der Waals surface area (Å²) in [5.74, 6) is -4.01. The minimum atomic E-state index is -2.27. The fraction of sp³-hybridized carbons (Fsp3) is 0.500. The normalized spacial score (nSPS) is 23.5. The topological polar surface area (TPSA) is 127 Å². The Morgan fingerprint density at radius 2 is 1.68 bits per heavy atom. The van der Waals surface area contributed by atoms with Crippen LogP contribution in [0.25, 0.3) is 0 Å². The van der Waals surface area contributed by atoms with E-state index in [2.05, 4.69) is 5.32 Å². The van der Waals surface area contributed by atoms with E-state index < -0.39 is 35.8 Å². The number of fused-ring (bicyclic) bond motifs is 4. The lowest BCUT2D eigenvalue weighted by Crippen LogP contribution is -2.39. The highest BCUT2D eigenvalue weighted by Crippen LogP contribution is 2.38. The molecule has 4 atom stereocenters. The van der Waals surface area contributed by atoms with Crippen molar-refractivity contribution in [3.05, 3.63) is 34.9 Å². The lowest BCUT2D eigenvalue weighted by molar-refractivity contribution is -0.165. The number of nitrogens with one attached hydrogen (secondary N) is 1. The Kier molecular flexibility index (Phi) is 6.04. The zero-order chi connectivity index (χ0) is 18.7. The molecule has 138 valence electrons. The van der Waals surface area contributed by atoms with Crippen molar-refractivity contribution in [2.75, 3.05) is 13.1 Å². The summed E-state index contributed by atoms with van der Waals surface area (Å²) in [4.78, 5) is 19.5. The van der Waals surface area contributed by atoms with Gasteiger partial charge in [-0.3, -0.25) is 0 Å². The van der Waals surface area contributed by atoms with E-state index >= 15 is 0 Å². The van der Waals surface area contributed by atoms with Crippen LogP contribution in [0.5, 0.6) is 0 Å². The molecule has 0 aromatic heterocycles. The van der Waals surface area contributed by atoms with E-state index in [4.69, 9.17) is 20.4 Å². The quantitative estimate of drug-likeness (QED) is 0.518. The van der Waals surface area contributed by atoms with Crippen LogP contribution in [-0.4, -0.2) is 57.7 Å². The molecule has 1 heterocycles. The van der Waals surface area contributed by atoms with E-state index in [9.17, 15) is 18.4 Å². The van der Waals surface area contributed by atoms with Crippen molar-refractivity contribution >= 4 is 11.9 Å². The largest absolute Gasteiger partial charge is 0.479 e. The van der Waals surface area contributed by atoms with Gasteiger partial charge in [-0.15, -0.1) is 0 Å². The molecule has 1 fully saturated rings. The van der Waals surface area contributed by atoms with Gasteiger partial charge in [-0.05, 0) is 48.4 Å². The van der Waals surface area contributed by atoms with Crippen molar-refractivity contribution in [2.45, 2.75) is 31.0 Å². The number of halogens is 2. The maximum atomic E-state index is 13.6. The predicted octanol–water partition coefficient (Wildman–Crippen LogP) is 0.0914. The van der Waals surface area contributed by atoms with Crippen LogP contribution in [0.1, 0.15) is 23.5 Å². The van der Waals surface area contributed by atoms with Gasteiger partial charge < -0.3 is 25.7 Å². The highest BCUT2D eigenvalue weighted by atomic mass is 19.2. The first-order valence-electron chi connectivity index (χ1n) is 7.71. The molecule has 1 saturated heterocycles. The molecule has 0 saturated carbocycles. The molecule has 0 amide bonds. The molecule has 1 aromatic carbocycles. The van der Waals surface area contributed by atoms with E-state index in [1.165, 1.54) is 6.07 Å². The van der Waals surface area contributed by atoms with Crippen LogP contribution in [0.3, 0.4) is 0 Å². The Hall–Kier alpha value is -2.10. The molecule has 1 aliphatic heterocycles. The highest BCUT2D eigenvalue weighted by molar-refractivity contribution is 5.83. The van der Waals surface area contributed by atoms with Crippen LogP contribution < -0.4 is 5.32 Å². The number of carboxylic acid groups (broad SMARTS) is 2. The number of hydrogen-bond donors (Lipinski definition) is 5. The monoisotopic (exact) mass is 359 g/mol. The molecule has 0 spiro atoms. The van der Waals surface area contributed by atoms with Crippen LogP contribution in [0.4, 0.5) is 8.78 Å². The van der Waals surface area contributed by atoms with Crippen molar-refractivity contribution in [1.82, 2.24) is 5.32 Å². The minimum absolute atomic E-state index is 0.377. The standard InChI is InChI=1S/C12H13F2N.C4H6O6/c13-11-2-1-9-8-3-7(5-15-6-8)4-10(9)12(11)14;5-1(3(7)8)2(6)4(9)10/h1-2,7-8,15H,3-6H2;1-2,5-6H,(H,7,8)(H,9,10)/t7-,8-;1-,2-/m10/s1. The van der Waals surface area contributed by atoms with E-state index in [-0.39, 0.29) is 0 Å². The second-order valence-electron chi connectivity index (χ2n) is 6.16. The van der Waals surface area contributed by atoms with Gasteiger partial charge in [0.15, 0.2) is 23.8 Å². The number of aliphatic hydroxyl groups excluding tert-OH is 2. The number of carbonyl (C=O) groups is 2. The first-order valence-corrected chi connectivity index (χ1v) is 7.71. The SMILES string of the molecule is Fc1ccc2c(c1F)C[C@@H]1CNC[C@H]2C1.O=C(O)[C@@H](O)[C@H](O)C(=O)O. The van der Waals surface area contributed by atoms with Gasteiger partial charge in [0.1, 0.15) is 0 Å². The first kappa shape index (κ1) is 19.2. The van der Waals surface area contributed by atoms with Crippen molar-refractivity contribution in [1.29, 1.82) is 0 Å². The van der Waals surface area contributed by atoms with E-state index in [1.807, 2.05) is 0 Å². The van der Waals surface area contributed by atoms with Crippen LogP contribution >= 0.6 is 0 Å². The molecule has 7 nitrogen and oxygen atoms in total. The molecular formula is C16H19F2NO6. The fourth-order valence-electron chi connectivity index (χ4n) is 3.18. The number of carboxylic acids is 2. The van der Waals surface area contributed by atoms with Gasteiger partial charge in [0.25, 0.3) is 0 Å². The number of piperidine rings is 1. The fourth-order valence-corrected chi connectivity index (χ4v) is 3.18. The Morgan fingerprint density at radius 3 is 2.24 bits per heavy atom. The van der Waals surface area contributed by atoms with Crippen molar-refractivity contribution in [2.24, 2.45) is 5.92 Å². The van der Waals surface area contributed by atoms with Gasteiger partial charge in [0, 0.05) is 6.54 Å². The summed E-state index contributed by atoms with van der Waals surface area (Å²) in [6.07, 6.45) is -2.73. The maximum Gasteiger partial charge on any atom is 0.335 e. The minimum Gasteiger partial charge on any atom is -0.479 e. The molecule has 25 heavy (non-hydrogen) atoms. The van der Waals surface area contributed by atoms with Crippen LogP contribution in [-0.2, 0) is 16.0 Å². The van der Waals surface area contributed by atoms with Crippen molar-refractivity contribution in [3.63, 3.8) is 0 Å². The Labute approximate surface area is 141 Å². The van der Waals surface area contributed by atoms with E-state index in [0.717, 1.165) is 25.1 Å². The van der Waals surface area contributed by atoms with Crippen molar-refractivity contribution < 1.29 is 38.8 Å². The molecule has 2 bridgehead atoms. The van der Waals surface area contributed by atoms with Gasteiger partial charge in [-0.2, -0.15) is 0 Å². The Bertz CT molecular complexity index is 650. The van der Waals surface area contributed by atoms with Crippen molar-refractivity contribution in [3.8, 4) is 0 Å². The van der Waals surface area contributed by atoms with Crippen LogP contribution in [0, 0.1) is 17.6 Å². The average molecular weight is 359 g/mol. The predicted molar refractivity (Wildman–Crippen MR) is 81.1 cm³/mol. The molecular weight excluding hydrogens is 340 g/mol. The third-order valence-electron chi connectivity index (χ3n) is 4.41. The molecule has 0 radical (unpaired) electrons. The molecule has 5 N–H and O–H groups in total. The van der Waals surface area contributed by atoms with Gasteiger partial charge >= 0.3 is 11.9 Å². The van der Waals surface area contributed by atoms with Crippen LogP contribution in [0.15, 0.2) is 12.1 Å². The van der Waals surface area contributed by atoms with E-state index in [1.54, 1.807) is 6.07 Å². The number of rotatable bonds is 3. The van der Waals surface area contributed by atoms with Gasteiger partial charge in [0.2, 0.25) is 0 Å². The molecule has 9 heteroatoms. The highest BCUT2D eigenvalue weighted by Gasteiger charge is 2.32. The average Bonchev–Trinajstić information content (AvgIpc) is 2.58. The number of aliphatic carboxylic acids is 2. The number of hydrogen-bond acceptors (Lipinski definition) is 5. The zero-order valence-electron chi connectivity index (χ0n) is 13.2. The van der Waals surface area contributed by atoms with Gasteiger partial charge in [0.05, 0.1) is 0 Å². The summed E-state index contributed by atoms with van der Waals surface area (Å²) in [6, 6.07) is 3.00. The summed E-state index contributed by atoms with van der Waals surface area (Å²) in [7, 11) is 0. The molecule has 1 aromatic rings. The Balaban J connectivity index is 0.000000199. The number of aliphatic hydroxyl groups is 2. The molecule has 3 rings (SSSR count). The summed E-state index contributed by atoms with van der Waals surface area (Å²) in [5, 5.41) is 35.9. The van der Waals surface area contributed by atoms with Gasteiger partial charge in [-0.1, -0.05) is 6.07 Å². The second kappa shape index (κ2) is 7.85. The lowest BCUT2D eigenvalue weighted by atomic mass is 9.74. The lowest BCUT2D eigenvalue weighted by Gasteiger charge is -2.36. The van der Waals surface area contributed by atoms with E-state index in [0.29, 0.717) is 23.8 Å². The maximum absolute atomic E-state index is 13.6. The van der Waals surface area contributed by atoms with Gasteiger partial charge in [-0.25, -0.2) is 18.4 Å². The smallest absolute Gasteiger partial charge is 0.335 e. The number of benzene rings is 1. The third-order valence-corrected chi connectivity index (χ3v) is 4.41. The van der Waals surface area contributed by atoms with Crippen LogP contribution in [0.2, 0.25) is 0 Å².